The van der Waals surface area contributed by atoms with Crippen LogP contribution in [0, 0.1) is 5.92 Å². The third-order valence-electron chi connectivity index (χ3n) is 4.51. The third kappa shape index (κ3) is 8.41. The van der Waals surface area contributed by atoms with Crippen LogP contribution >= 0.6 is 12.4 Å². The van der Waals surface area contributed by atoms with Gasteiger partial charge in [0, 0.05) is 24.2 Å². The number of ether oxygens (including phenoxy) is 1. The summed E-state index contributed by atoms with van der Waals surface area (Å²) in [6, 6.07) is 6.71. The summed E-state index contributed by atoms with van der Waals surface area (Å²) < 4.78 is 4.52. The summed E-state index contributed by atoms with van der Waals surface area (Å²) in [5.41, 5.74) is 1.15. The van der Waals surface area contributed by atoms with Crippen molar-refractivity contribution in [2.45, 2.75) is 32.1 Å². The van der Waals surface area contributed by atoms with Crippen molar-refractivity contribution in [2.75, 3.05) is 32.1 Å². The number of hydrogen-bond acceptors (Lipinski definition) is 5. The Balaban J connectivity index is 0.00000364. The molecule has 3 N–H and O–H groups in total. The SMILES string of the molecule is COC(=O)CCNC(=O)c1ccc(NC(=O)CCC2CCNCC2)cc1.Cl. The average Bonchev–Trinajstić information content (AvgIpc) is 2.67. The van der Waals surface area contributed by atoms with E-state index in [9.17, 15) is 14.4 Å². The minimum absolute atomic E-state index is 0. The molecule has 2 amide bonds. The highest BCUT2D eigenvalue weighted by atomic mass is 35.5. The minimum atomic E-state index is -0.368. The van der Waals surface area contributed by atoms with Gasteiger partial charge >= 0.3 is 5.97 Å². The smallest absolute Gasteiger partial charge is 0.307 e. The standard InChI is InChI=1S/C19H27N3O4.ClH/c1-26-18(24)10-13-21-19(25)15-3-5-16(6-4-15)22-17(23)7-2-14-8-11-20-12-9-14;/h3-6,14,20H,2,7-13H2,1H3,(H,21,25)(H,22,23);1H. The Morgan fingerprint density at radius 1 is 1.11 bits per heavy atom. The molecule has 0 unspecified atom stereocenters. The Bertz CT molecular complexity index is 616. The number of halogens is 1. The second-order valence-corrected chi connectivity index (χ2v) is 6.44. The van der Waals surface area contributed by atoms with E-state index in [1.165, 1.54) is 7.11 Å². The van der Waals surface area contributed by atoms with E-state index >= 15 is 0 Å². The number of anilines is 1. The van der Waals surface area contributed by atoms with Crippen molar-refractivity contribution in [2.24, 2.45) is 5.92 Å². The number of hydrogen-bond donors (Lipinski definition) is 3. The molecule has 150 valence electrons. The van der Waals surface area contributed by atoms with Gasteiger partial charge in [-0.3, -0.25) is 14.4 Å². The van der Waals surface area contributed by atoms with Crippen LogP contribution < -0.4 is 16.0 Å². The van der Waals surface area contributed by atoms with Gasteiger partial charge in [-0.2, -0.15) is 0 Å². The van der Waals surface area contributed by atoms with E-state index in [1.54, 1.807) is 24.3 Å². The number of carbonyl (C=O) groups is 3. The molecule has 27 heavy (non-hydrogen) atoms. The lowest BCUT2D eigenvalue weighted by Gasteiger charge is -2.22. The largest absolute Gasteiger partial charge is 0.469 e. The van der Waals surface area contributed by atoms with Gasteiger partial charge in [0.05, 0.1) is 13.5 Å². The quantitative estimate of drug-likeness (QED) is 0.584. The van der Waals surface area contributed by atoms with Gasteiger partial charge in [0.2, 0.25) is 5.91 Å². The molecule has 0 atom stereocenters. The van der Waals surface area contributed by atoms with E-state index in [4.69, 9.17) is 0 Å². The second-order valence-electron chi connectivity index (χ2n) is 6.44. The molecule has 0 bridgehead atoms. The van der Waals surface area contributed by atoms with Gasteiger partial charge in [-0.15, -0.1) is 12.4 Å². The lowest BCUT2D eigenvalue weighted by atomic mass is 9.93. The predicted molar refractivity (Wildman–Crippen MR) is 106 cm³/mol. The van der Waals surface area contributed by atoms with Crippen molar-refractivity contribution in [1.82, 2.24) is 10.6 Å². The van der Waals surface area contributed by atoms with Gasteiger partial charge in [0.25, 0.3) is 5.91 Å². The molecule has 0 saturated carbocycles. The molecular formula is C19H28ClN3O4. The maximum absolute atomic E-state index is 12.1. The highest BCUT2D eigenvalue weighted by molar-refractivity contribution is 5.95. The van der Waals surface area contributed by atoms with E-state index in [0.717, 1.165) is 32.4 Å². The van der Waals surface area contributed by atoms with Gasteiger partial charge in [0.15, 0.2) is 0 Å². The molecule has 0 aliphatic carbocycles. The Labute approximate surface area is 166 Å². The van der Waals surface area contributed by atoms with Gasteiger partial charge in [0.1, 0.15) is 0 Å². The molecule has 0 radical (unpaired) electrons. The molecule has 1 fully saturated rings. The number of rotatable bonds is 8. The minimum Gasteiger partial charge on any atom is -0.469 e. The molecule has 1 saturated heterocycles. The number of piperidine rings is 1. The summed E-state index contributed by atoms with van der Waals surface area (Å²) in [5, 5.41) is 8.84. The van der Waals surface area contributed by atoms with Crippen molar-refractivity contribution in [3.63, 3.8) is 0 Å². The Hall–Kier alpha value is -2.12. The lowest BCUT2D eigenvalue weighted by Crippen LogP contribution is -2.28. The average molecular weight is 398 g/mol. The van der Waals surface area contributed by atoms with E-state index in [1.807, 2.05) is 0 Å². The summed E-state index contributed by atoms with van der Waals surface area (Å²) >= 11 is 0. The first-order valence-electron chi connectivity index (χ1n) is 9.04. The van der Waals surface area contributed by atoms with E-state index < -0.39 is 0 Å². The van der Waals surface area contributed by atoms with Crippen LogP contribution in [0.2, 0.25) is 0 Å². The summed E-state index contributed by atoms with van der Waals surface area (Å²) in [4.78, 5) is 35.0. The Morgan fingerprint density at radius 2 is 1.78 bits per heavy atom. The lowest BCUT2D eigenvalue weighted by molar-refractivity contribution is -0.140. The van der Waals surface area contributed by atoms with Crippen molar-refractivity contribution < 1.29 is 19.1 Å². The van der Waals surface area contributed by atoms with Crippen LogP contribution in [0.4, 0.5) is 5.69 Å². The first kappa shape index (κ1) is 22.9. The van der Waals surface area contributed by atoms with Crippen LogP contribution in [0.1, 0.15) is 42.5 Å². The molecule has 1 aromatic rings. The van der Waals surface area contributed by atoms with Crippen molar-refractivity contribution in [1.29, 1.82) is 0 Å². The normalized spacial score (nSPS) is 14.0. The highest BCUT2D eigenvalue weighted by Gasteiger charge is 2.14. The molecule has 8 heteroatoms. The zero-order chi connectivity index (χ0) is 18.8. The van der Waals surface area contributed by atoms with E-state index in [2.05, 4.69) is 20.7 Å². The topological polar surface area (TPSA) is 96.5 Å². The van der Waals surface area contributed by atoms with Gasteiger partial charge in [-0.05, 0) is 62.5 Å². The monoisotopic (exact) mass is 397 g/mol. The first-order valence-corrected chi connectivity index (χ1v) is 9.04. The molecule has 7 nitrogen and oxygen atoms in total. The van der Waals surface area contributed by atoms with Crippen LogP contribution in [-0.2, 0) is 14.3 Å². The van der Waals surface area contributed by atoms with E-state index in [0.29, 0.717) is 23.6 Å². The number of carbonyl (C=O) groups excluding carboxylic acids is 3. The Morgan fingerprint density at radius 3 is 2.41 bits per heavy atom. The van der Waals surface area contributed by atoms with Crippen molar-refractivity contribution in [3.05, 3.63) is 29.8 Å². The molecule has 2 rings (SSSR count). The molecular weight excluding hydrogens is 370 g/mol. The highest BCUT2D eigenvalue weighted by Crippen LogP contribution is 2.18. The number of esters is 1. The fourth-order valence-corrected chi connectivity index (χ4v) is 2.92. The maximum atomic E-state index is 12.1. The van der Waals surface area contributed by atoms with Gasteiger partial charge in [-0.1, -0.05) is 0 Å². The molecule has 1 aliphatic heterocycles. The summed E-state index contributed by atoms with van der Waals surface area (Å²) in [6.07, 6.45) is 3.82. The number of methoxy groups -OCH3 is 1. The second kappa shape index (κ2) is 12.3. The molecule has 1 heterocycles. The van der Waals surface area contributed by atoms with Crippen LogP contribution in [-0.4, -0.2) is 44.5 Å². The maximum Gasteiger partial charge on any atom is 0.307 e. The zero-order valence-electron chi connectivity index (χ0n) is 15.6. The Kier molecular flexibility index (Phi) is 10.4. The number of amides is 2. The molecule has 1 aromatic carbocycles. The number of nitrogens with one attached hydrogen (secondary N) is 3. The predicted octanol–water partition coefficient (Wildman–Crippen LogP) is 2.12. The van der Waals surface area contributed by atoms with Crippen molar-refractivity contribution in [3.8, 4) is 0 Å². The van der Waals surface area contributed by atoms with Crippen molar-refractivity contribution >= 4 is 35.9 Å². The molecule has 0 aromatic heterocycles. The first-order chi connectivity index (χ1) is 12.6. The molecule has 0 spiro atoms. The fraction of sp³-hybridized carbons (Fsp3) is 0.526. The van der Waals surface area contributed by atoms with Crippen LogP contribution in [0.15, 0.2) is 24.3 Å². The number of benzene rings is 1. The third-order valence-corrected chi connectivity index (χ3v) is 4.51. The molecule has 1 aliphatic rings. The van der Waals surface area contributed by atoms with Crippen LogP contribution in [0.5, 0.6) is 0 Å². The zero-order valence-corrected chi connectivity index (χ0v) is 16.4. The summed E-state index contributed by atoms with van der Waals surface area (Å²) in [6.45, 7) is 2.30. The van der Waals surface area contributed by atoms with Crippen LogP contribution in [0.25, 0.3) is 0 Å². The summed E-state index contributed by atoms with van der Waals surface area (Å²) in [7, 11) is 1.31. The fourth-order valence-electron chi connectivity index (χ4n) is 2.92. The van der Waals surface area contributed by atoms with Gasteiger partial charge in [-0.25, -0.2) is 0 Å². The summed E-state index contributed by atoms with van der Waals surface area (Å²) in [5.74, 6) is -0.0117. The van der Waals surface area contributed by atoms with Crippen LogP contribution in [0.3, 0.4) is 0 Å². The van der Waals surface area contributed by atoms with Gasteiger partial charge < -0.3 is 20.7 Å². The van der Waals surface area contributed by atoms with E-state index in [-0.39, 0.29) is 43.2 Å².